The maximum Gasteiger partial charge on any atom is 0.438 e. The van der Waals surface area contributed by atoms with Gasteiger partial charge in [-0.3, -0.25) is 0 Å². The quantitative estimate of drug-likeness (QED) is 0.755. The molecule has 5 nitrogen and oxygen atoms in total. The van der Waals surface area contributed by atoms with Crippen molar-refractivity contribution in [3.63, 3.8) is 0 Å². The minimum Gasteiger partial charge on any atom is -0.463 e. The molecule has 2 rings (SSSR count). The topological polar surface area (TPSA) is 75.0 Å². The first-order valence-electron chi connectivity index (χ1n) is 4.76. The Morgan fingerprint density at radius 2 is 2.28 bits per heavy atom. The highest BCUT2D eigenvalue weighted by Crippen LogP contribution is 2.41. The second kappa shape index (κ2) is 3.95. The maximum atomic E-state index is 12.9. The zero-order valence-electron chi connectivity index (χ0n) is 8.81. The molecule has 1 aromatic rings. The smallest absolute Gasteiger partial charge is 0.438 e. The van der Waals surface area contributed by atoms with Crippen LogP contribution in [-0.2, 0) is 0 Å². The Labute approximate surface area is 105 Å². The monoisotopic (exact) mass is 279 g/mol. The van der Waals surface area contributed by atoms with Crippen molar-refractivity contribution in [3.05, 3.63) is 24.2 Å². The third kappa shape index (κ3) is 1.85. The van der Waals surface area contributed by atoms with Crippen molar-refractivity contribution in [2.45, 2.75) is 18.3 Å². The van der Waals surface area contributed by atoms with Crippen LogP contribution in [-0.4, -0.2) is 32.8 Å². The summed E-state index contributed by atoms with van der Waals surface area (Å²) in [7, 11) is 0. The first-order chi connectivity index (χ1) is 8.25. The molecule has 0 amide bonds. The number of hydrazone groups is 1. The van der Waals surface area contributed by atoms with Gasteiger partial charge in [0.2, 0.25) is 0 Å². The number of nitrogens with two attached hydrogens (primary N) is 1. The Morgan fingerprint density at radius 3 is 2.67 bits per heavy atom. The number of thiocarbonyl (C=S) groups is 1. The van der Waals surface area contributed by atoms with Crippen LogP contribution in [0.5, 0.6) is 0 Å². The van der Waals surface area contributed by atoms with Crippen LogP contribution in [0.25, 0.3) is 0 Å². The van der Waals surface area contributed by atoms with Gasteiger partial charge < -0.3 is 15.3 Å². The molecular formula is C9H8F3N3O2S. The van der Waals surface area contributed by atoms with Gasteiger partial charge in [0.25, 0.3) is 5.72 Å². The van der Waals surface area contributed by atoms with Crippen LogP contribution in [0.15, 0.2) is 27.9 Å². The van der Waals surface area contributed by atoms with Gasteiger partial charge in [0.15, 0.2) is 5.11 Å². The molecule has 0 fully saturated rings. The number of alkyl halides is 3. The molecular weight excluding hydrogens is 271 g/mol. The molecule has 98 valence electrons. The van der Waals surface area contributed by atoms with Crippen LogP contribution in [0.3, 0.4) is 0 Å². The van der Waals surface area contributed by atoms with E-state index in [1.54, 1.807) is 0 Å². The lowest BCUT2D eigenvalue weighted by Gasteiger charge is -2.32. The fraction of sp³-hybridized carbons (Fsp3) is 0.333. The second-order valence-electron chi connectivity index (χ2n) is 3.67. The van der Waals surface area contributed by atoms with Crippen LogP contribution < -0.4 is 5.73 Å². The van der Waals surface area contributed by atoms with Crippen molar-refractivity contribution in [2.75, 3.05) is 0 Å². The maximum absolute atomic E-state index is 12.9. The van der Waals surface area contributed by atoms with E-state index in [2.05, 4.69) is 17.3 Å². The molecule has 1 aliphatic rings. The van der Waals surface area contributed by atoms with E-state index in [0.717, 1.165) is 0 Å². The summed E-state index contributed by atoms with van der Waals surface area (Å²) in [5, 5.41) is 12.8. The number of nitrogens with zero attached hydrogens (tertiary/aromatic N) is 2. The summed E-state index contributed by atoms with van der Waals surface area (Å²) in [5.74, 6) is 0.122. The van der Waals surface area contributed by atoms with Gasteiger partial charge in [-0.25, -0.2) is 0 Å². The first-order valence-corrected chi connectivity index (χ1v) is 5.16. The number of hydrogen-bond acceptors (Lipinski definition) is 4. The average molecular weight is 279 g/mol. The summed E-state index contributed by atoms with van der Waals surface area (Å²) in [6, 6.07) is 2.92. The molecule has 2 heterocycles. The molecule has 0 aliphatic carbocycles. The lowest BCUT2D eigenvalue weighted by molar-refractivity contribution is -0.294. The van der Waals surface area contributed by atoms with Gasteiger partial charge in [-0.2, -0.15) is 23.3 Å². The Bertz CT molecular complexity index is 500. The minimum absolute atomic E-state index is 0.0763. The summed E-state index contributed by atoms with van der Waals surface area (Å²) in [5.41, 5.74) is 1.83. The predicted octanol–water partition coefficient (Wildman–Crippen LogP) is 1.18. The van der Waals surface area contributed by atoms with Crippen molar-refractivity contribution in [2.24, 2.45) is 10.8 Å². The third-order valence-corrected chi connectivity index (χ3v) is 2.63. The summed E-state index contributed by atoms with van der Waals surface area (Å²) in [6.45, 7) is 0. The van der Waals surface area contributed by atoms with E-state index < -0.39 is 23.4 Å². The Balaban J connectivity index is 2.41. The number of halogens is 3. The Hall–Kier alpha value is -1.61. The standard InChI is InChI=1S/C9H8F3N3O2S/c10-9(11,12)8(16)4-5(6-2-1-3-17-6)14-15(8)7(13)18/h1-3,16H,4H2,(H2,13,18). The summed E-state index contributed by atoms with van der Waals surface area (Å²) in [4.78, 5) is 0. The van der Waals surface area contributed by atoms with Crippen LogP contribution in [0.1, 0.15) is 12.2 Å². The van der Waals surface area contributed by atoms with Crippen molar-refractivity contribution in [1.82, 2.24) is 5.01 Å². The lowest BCUT2D eigenvalue weighted by atomic mass is 10.1. The summed E-state index contributed by atoms with van der Waals surface area (Å²) in [6.07, 6.45) is -4.47. The van der Waals surface area contributed by atoms with Crippen LogP contribution in [0.4, 0.5) is 13.2 Å². The largest absolute Gasteiger partial charge is 0.463 e. The number of rotatable bonds is 1. The number of aliphatic hydroxyl groups is 1. The van der Waals surface area contributed by atoms with Crippen LogP contribution in [0, 0.1) is 0 Å². The Morgan fingerprint density at radius 1 is 1.61 bits per heavy atom. The minimum atomic E-state index is -4.95. The van der Waals surface area contributed by atoms with E-state index in [1.807, 2.05) is 0 Å². The van der Waals surface area contributed by atoms with Gasteiger partial charge in [0.1, 0.15) is 11.5 Å². The zero-order valence-corrected chi connectivity index (χ0v) is 9.63. The molecule has 3 N–H and O–H groups in total. The average Bonchev–Trinajstić information content (AvgIpc) is 2.82. The van der Waals surface area contributed by atoms with E-state index in [9.17, 15) is 18.3 Å². The fourth-order valence-electron chi connectivity index (χ4n) is 1.58. The normalized spacial score (nSPS) is 24.2. The first kappa shape index (κ1) is 12.8. The van der Waals surface area contributed by atoms with Gasteiger partial charge in [-0.1, -0.05) is 0 Å². The van der Waals surface area contributed by atoms with Gasteiger partial charge in [0, 0.05) is 0 Å². The summed E-state index contributed by atoms with van der Waals surface area (Å²) < 4.78 is 43.5. The van der Waals surface area contributed by atoms with Crippen LogP contribution in [0.2, 0.25) is 0 Å². The molecule has 1 aliphatic heterocycles. The van der Waals surface area contributed by atoms with Crippen LogP contribution >= 0.6 is 12.2 Å². The molecule has 1 aromatic heterocycles. The third-order valence-electron chi connectivity index (χ3n) is 2.45. The van der Waals surface area contributed by atoms with Gasteiger partial charge in [-0.05, 0) is 24.4 Å². The van der Waals surface area contributed by atoms with Crippen molar-refractivity contribution in [3.8, 4) is 0 Å². The molecule has 0 saturated carbocycles. The van der Waals surface area contributed by atoms with Gasteiger partial charge in [-0.15, -0.1) is 0 Å². The molecule has 0 radical (unpaired) electrons. The second-order valence-corrected chi connectivity index (χ2v) is 4.08. The number of furan rings is 1. The highest BCUT2D eigenvalue weighted by molar-refractivity contribution is 7.80. The molecule has 1 atom stereocenters. The molecule has 18 heavy (non-hydrogen) atoms. The van der Waals surface area contributed by atoms with E-state index in [-0.39, 0.29) is 16.5 Å². The molecule has 0 bridgehead atoms. The van der Waals surface area contributed by atoms with E-state index in [4.69, 9.17) is 10.2 Å². The van der Waals surface area contributed by atoms with E-state index in [1.165, 1.54) is 18.4 Å². The predicted molar refractivity (Wildman–Crippen MR) is 59.5 cm³/mol. The molecule has 0 spiro atoms. The molecule has 1 unspecified atom stereocenters. The van der Waals surface area contributed by atoms with E-state index in [0.29, 0.717) is 0 Å². The highest BCUT2D eigenvalue weighted by atomic mass is 32.1. The van der Waals surface area contributed by atoms with Gasteiger partial charge in [0.05, 0.1) is 12.7 Å². The van der Waals surface area contributed by atoms with Crippen molar-refractivity contribution >= 4 is 23.0 Å². The summed E-state index contributed by atoms with van der Waals surface area (Å²) >= 11 is 4.46. The van der Waals surface area contributed by atoms with Crippen molar-refractivity contribution < 1.29 is 22.7 Å². The Kier molecular flexibility index (Phi) is 2.82. The molecule has 0 aromatic carbocycles. The molecule has 0 saturated heterocycles. The lowest BCUT2D eigenvalue weighted by Crippen LogP contribution is -2.57. The van der Waals surface area contributed by atoms with Crippen molar-refractivity contribution in [1.29, 1.82) is 0 Å². The van der Waals surface area contributed by atoms with E-state index >= 15 is 0 Å². The zero-order chi connectivity index (χ0) is 13.6. The fourth-order valence-corrected chi connectivity index (χ4v) is 1.77. The van der Waals surface area contributed by atoms with Gasteiger partial charge >= 0.3 is 6.18 Å². The number of hydrogen-bond donors (Lipinski definition) is 2. The SMILES string of the molecule is NC(=S)N1N=C(c2ccco2)CC1(O)C(F)(F)F. The highest BCUT2D eigenvalue weighted by Gasteiger charge is 2.62. The molecule has 9 heteroatoms.